The molecule has 0 atom stereocenters. The molecule has 0 saturated heterocycles. The van der Waals surface area contributed by atoms with E-state index in [4.69, 9.17) is 4.74 Å². The zero-order valence-electron chi connectivity index (χ0n) is 11.7. The molecule has 108 valence electrons. The molecule has 5 nitrogen and oxygen atoms in total. The number of carbonyl (C=O) groups excluding carboxylic acids is 1. The van der Waals surface area contributed by atoms with Crippen LogP contribution in [0.25, 0.3) is 0 Å². The van der Waals surface area contributed by atoms with Crippen molar-refractivity contribution >= 4 is 11.6 Å². The van der Waals surface area contributed by atoms with Gasteiger partial charge in [0.25, 0.3) is 11.5 Å². The lowest BCUT2D eigenvalue weighted by atomic mass is 9.99. The lowest BCUT2D eigenvalue weighted by Crippen LogP contribution is -2.23. The Morgan fingerprint density at radius 3 is 2.95 bits per heavy atom. The molecule has 0 unspecified atom stereocenters. The number of allylic oxidation sites excluding steroid dienone is 1. The summed E-state index contributed by atoms with van der Waals surface area (Å²) in [7, 11) is 1.59. The van der Waals surface area contributed by atoms with Crippen LogP contribution in [0.2, 0.25) is 0 Å². The van der Waals surface area contributed by atoms with Gasteiger partial charge in [0.15, 0.2) is 0 Å². The fraction of sp³-hybridized carbons (Fsp3) is 0.467. The molecule has 0 bridgehead atoms. The average Bonchev–Trinajstić information content (AvgIpc) is 2.48. The van der Waals surface area contributed by atoms with Crippen LogP contribution in [-0.4, -0.2) is 24.2 Å². The highest BCUT2D eigenvalue weighted by Gasteiger charge is 2.12. The fourth-order valence-corrected chi connectivity index (χ4v) is 2.23. The van der Waals surface area contributed by atoms with Gasteiger partial charge >= 0.3 is 0 Å². The van der Waals surface area contributed by atoms with E-state index >= 15 is 0 Å². The highest BCUT2D eigenvalue weighted by molar-refractivity contribution is 6.03. The largest absolute Gasteiger partial charge is 0.383 e. The molecule has 1 aromatic rings. The van der Waals surface area contributed by atoms with Gasteiger partial charge in [-0.3, -0.25) is 9.59 Å². The number of amides is 1. The number of carbonyl (C=O) groups is 1. The van der Waals surface area contributed by atoms with Gasteiger partial charge in [-0.05, 0) is 31.7 Å². The molecule has 1 amide bonds. The minimum absolute atomic E-state index is 0.0679. The molecule has 1 aliphatic rings. The number of rotatable bonds is 5. The van der Waals surface area contributed by atoms with Gasteiger partial charge in [-0.2, -0.15) is 0 Å². The Bertz CT molecular complexity index is 560. The molecule has 1 heterocycles. The Balaban J connectivity index is 2.07. The zero-order chi connectivity index (χ0) is 14.4. The summed E-state index contributed by atoms with van der Waals surface area (Å²) < 4.78 is 6.50. The summed E-state index contributed by atoms with van der Waals surface area (Å²) in [5, 5.41) is 2.85. The zero-order valence-corrected chi connectivity index (χ0v) is 11.7. The van der Waals surface area contributed by atoms with E-state index < -0.39 is 0 Å². The summed E-state index contributed by atoms with van der Waals surface area (Å²) in [5.41, 5.74) is 1.37. The number of hydrogen-bond donors (Lipinski definition) is 1. The first-order chi connectivity index (χ1) is 9.70. The third-order valence-corrected chi connectivity index (χ3v) is 3.36. The Kier molecular flexibility index (Phi) is 5.12. The van der Waals surface area contributed by atoms with Gasteiger partial charge in [0.2, 0.25) is 0 Å². The quantitative estimate of drug-likeness (QED) is 0.894. The number of anilines is 1. The molecule has 20 heavy (non-hydrogen) atoms. The number of methoxy groups -OCH3 is 1. The van der Waals surface area contributed by atoms with Crippen LogP contribution >= 0.6 is 0 Å². The number of nitrogens with zero attached hydrogens (tertiary/aromatic N) is 1. The van der Waals surface area contributed by atoms with Gasteiger partial charge in [0.1, 0.15) is 0 Å². The van der Waals surface area contributed by atoms with Gasteiger partial charge in [-0.1, -0.05) is 6.08 Å². The molecule has 0 radical (unpaired) electrons. The maximum atomic E-state index is 12.1. The van der Waals surface area contributed by atoms with Crippen LogP contribution < -0.4 is 10.9 Å². The van der Waals surface area contributed by atoms with Crippen LogP contribution in [0.3, 0.4) is 0 Å². The SMILES string of the molecule is COCCn1cc(NC(=O)C2=CCCCC2)ccc1=O. The monoisotopic (exact) mass is 276 g/mol. The van der Waals surface area contributed by atoms with Crippen LogP contribution in [0.1, 0.15) is 25.7 Å². The van der Waals surface area contributed by atoms with Crippen LogP contribution in [0.4, 0.5) is 5.69 Å². The van der Waals surface area contributed by atoms with Crippen molar-refractivity contribution in [1.82, 2.24) is 4.57 Å². The molecule has 1 aromatic heterocycles. The summed E-state index contributed by atoms with van der Waals surface area (Å²) in [6.07, 6.45) is 7.67. The number of aromatic nitrogens is 1. The minimum atomic E-state index is -0.100. The normalized spacial score (nSPS) is 14.8. The lowest BCUT2D eigenvalue weighted by Gasteiger charge is -2.13. The molecule has 5 heteroatoms. The van der Waals surface area contributed by atoms with E-state index in [-0.39, 0.29) is 11.5 Å². The molecule has 0 aliphatic heterocycles. The first-order valence-electron chi connectivity index (χ1n) is 6.90. The highest BCUT2D eigenvalue weighted by Crippen LogP contribution is 2.18. The fourth-order valence-electron chi connectivity index (χ4n) is 2.23. The molecular formula is C15H20N2O3. The molecule has 1 aliphatic carbocycles. The highest BCUT2D eigenvalue weighted by atomic mass is 16.5. The predicted octanol–water partition coefficient (Wildman–Crippen LogP) is 1.93. The third kappa shape index (κ3) is 3.81. The van der Waals surface area contributed by atoms with Crippen molar-refractivity contribution in [2.24, 2.45) is 0 Å². The van der Waals surface area contributed by atoms with Crippen LogP contribution in [0, 0.1) is 0 Å². The third-order valence-electron chi connectivity index (χ3n) is 3.36. The summed E-state index contributed by atoms with van der Waals surface area (Å²) in [5.74, 6) is -0.0679. The number of nitrogens with one attached hydrogen (secondary N) is 1. The van der Waals surface area contributed by atoms with E-state index in [0.717, 1.165) is 31.3 Å². The molecule has 2 rings (SSSR count). The van der Waals surface area contributed by atoms with Gasteiger partial charge in [0.05, 0.1) is 12.3 Å². The Morgan fingerprint density at radius 1 is 1.40 bits per heavy atom. The van der Waals surface area contributed by atoms with Gasteiger partial charge in [-0.15, -0.1) is 0 Å². The maximum absolute atomic E-state index is 12.1. The summed E-state index contributed by atoms with van der Waals surface area (Å²) in [6, 6.07) is 3.09. The van der Waals surface area contributed by atoms with Crippen LogP contribution in [0.15, 0.2) is 34.8 Å². The lowest BCUT2D eigenvalue weighted by molar-refractivity contribution is -0.113. The van der Waals surface area contributed by atoms with E-state index in [0.29, 0.717) is 18.8 Å². The van der Waals surface area contributed by atoms with E-state index in [9.17, 15) is 9.59 Å². The van der Waals surface area contributed by atoms with Gasteiger partial charge in [0, 0.05) is 31.5 Å². The van der Waals surface area contributed by atoms with E-state index in [1.165, 1.54) is 10.6 Å². The molecule has 1 N–H and O–H groups in total. The molecule has 0 aromatic carbocycles. The second-order valence-electron chi connectivity index (χ2n) is 4.87. The first-order valence-corrected chi connectivity index (χ1v) is 6.90. The van der Waals surface area contributed by atoms with Crippen molar-refractivity contribution in [2.45, 2.75) is 32.2 Å². The molecule has 0 spiro atoms. The number of ether oxygens (including phenoxy) is 1. The number of hydrogen-bond acceptors (Lipinski definition) is 3. The van der Waals surface area contributed by atoms with Crippen molar-refractivity contribution < 1.29 is 9.53 Å². The van der Waals surface area contributed by atoms with Crippen LogP contribution in [-0.2, 0) is 16.1 Å². The molecule has 0 saturated carbocycles. The Labute approximate surface area is 118 Å². The van der Waals surface area contributed by atoms with E-state index in [1.807, 2.05) is 6.08 Å². The smallest absolute Gasteiger partial charge is 0.251 e. The van der Waals surface area contributed by atoms with Crippen molar-refractivity contribution in [3.05, 3.63) is 40.3 Å². The van der Waals surface area contributed by atoms with E-state index in [1.54, 1.807) is 19.4 Å². The second kappa shape index (κ2) is 7.05. The van der Waals surface area contributed by atoms with Crippen molar-refractivity contribution in [3.8, 4) is 0 Å². The minimum Gasteiger partial charge on any atom is -0.383 e. The summed E-state index contributed by atoms with van der Waals surface area (Å²) >= 11 is 0. The standard InChI is InChI=1S/C15H20N2O3/c1-20-10-9-17-11-13(7-8-14(17)18)16-15(19)12-5-3-2-4-6-12/h5,7-8,11H,2-4,6,9-10H2,1H3,(H,16,19). The Morgan fingerprint density at radius 2 is 2.25 bits per heavy atom. The van der Waals surface area contributed by atoms with Crippen molar-refractivity contribution in [3.63, 3.8) is 0 Å². The van der Waals surface area contributed by atoms with Crippen molar-refractivity contribution in [1.29, 1.82) is 0 Å². The van der Waals surface area contributed by atoms with Gasteiger partial charge in [-0.25, -0.2) is 0 Å². The molecular weight excluding hydrogens is 256 g/mol. The summed E-state index contributed by atoms with van der Waals surface area (Å²) in [4.78, 5) is 23.7. The van der Waals surface area contributed by atoms with Crippen molar-refractivity contribution in [2.75, 3.05) is 19.0 Å². The summed E-state index contributed by atoms with van der Waals surface area (Å²) in [6.45, 7) is 0.935. The second-order valence-corrected chi connectivity index (χ2v) is 4.87. The maximum Gasteiger partial charge on any atom is 0.251 e. The van der Waals surface area contributed by atoms with Gasteiger partial charge < -0.3 is 14.6 Å². The topological polar surface area (TPSA) is 60.3 Å². The Hall–Kier alpha value is -1.88. The molecule has 0 fully saturated rings. The van der Waals surface area contributed by atoms with E-state index in [2.05, 4.69) is 5.32 Å². The first kappa shape index (κ1) is 14.5. The number of pyridine rings is 1. The van der Waals surface area contributed by atoms with Crippen LogP contribution in [0.5, 0.6) is 0 Å². The average molecular weight is 276 g/mol. The predicted molar refractivity (Wildman–Crippen MR) is 77.8 cm³/mol.